The van der Waals surface area contributed by atoms with Gasteiger partial charge in [0.2, 0.25) is 10.0 Å². The molecule has 1 aromatic rings. The van der Waals surface area contributed by atoms with Gasteiger partial charge in [0.1, 0.15) is 5.02 Å². The Balaban J connectivity index is 2.37. The summed E-state index contributed by atoms with van der Waals surface area (Å²) in [6.45, 7) is 0.799. The van der Waals surface area contributed by atoms with Crippen molar-refractivity contribution in [2.75, 3.05) is 24.7 Å². The lowest BCUT2D eigenvalue weighted by molar-refractivity contribution is 0.586. The maximum Gasteiger partial charge on any atom is 0.285 e. The van der Waals surface area contributed by atoms with Crippen LogP contribution in [0.1, 0.15) is 6.42 Å². The first-order chi connectivity index (χ1) is 7.90. The highest BCUT2D eigenvalue weighted by atomic mass is 35.5. The standard InChI is InChI=1S/C8H13ClN4O3S/c1-17(15,16)12-4-2-3-10-6-5-11-13-8(14)7(6)9/h5,12H,2-4H2,1H3,(H2,10,13,14). The topological polar surface area (TPSA) is 104 Å². The molecule has 0 fully saturated rings. The van der Waals surface area contributed by atoms with E-state index in [9.17, 15) is 13.2 Å². The van der Waals surface area contributed by atoms with E-state index in [0.29, 0.717) is 25.2 Å². The highest BCUT2D eigenvalue weighted by Gasteiger charge is 2.04. The predicted molar refractivity (Wildman–Crippen MR) is 65.8 cm³/mol. The van der Waals surface area contributed by atoms with E-state index in [1.807, 2.05) is 0 Å². The van der Waals surface area contributed by atoms with Crippen LogP contribution in [0.3, 0.4) is 0 Å². The number of nitrogens with zero attached hydrogens (tertiary/aromatic N) is 1. The Morgan fingerprint density at radius 2 is 2.18 bits per heavy atom. The average Bonchev–Trinajstić information content (AvgIpc) is 2.22. The molecular weight excluding hydrogens is 268 g/mol. The average molecular weight is 281 g/mol. The lowest BCUT2D eigenvalue weighted by Crippen LogP contribution is -2.24. The lowest BCUT2D eigenvalue weighted by atomic mass is 10.4. The third-order valence-corrected chi connectivity index (χ3v) is 2.93. The number of halogens is 1. The Bertz CT molecular complexity index is 528. The molecule has 0 saturated carbocycles. The second-order valence-corrected chi connectivity index (χ2v) is 5.58. The van der Waals surface area contributed by atoms with E-state index >= 15 is 0 Å². The SMILES string of the molecule is CS(=O)(=O)NCCCNc1cn[nH]c(=O)c1Cl. The summed E-state index contributed by atoms with van der Waals surface area (Å²) in [6, 6.07) is 0. The molecule has 0 bridgehead atoms. The molecule has 0 aromatic carbocycles. The molecule has 7 nitrogen and oxygen atoms in total. The Labute approximate surface area is 104 Å². The third kappa shape index (κ3) is 5.16. The van der Waals surface area contributed by atoms with Crippen molar-refractivity contribution in [2.45, 2.75) is 6.42 Å². The summed E-state index contributed by atoms with van der Waals surface area (Å²) in [5, 5.41) is 8.71. The molecule has 17 heavy (non-hydrogen) atoms. The minimum atomic E-state index is -3.16. The smallest absolute Gasteiger partial charge is 0.285 e. The second kappa shape index (κ2) is 5.99. The Morgan fingerprint density at radius 3 is 2.82 bits per heavy atom. The van der Waals surface area contributed by atoms with Crippen molar-refractivity contribution in [3.63, 3.8) is 0 Å². The summed E-state index contributed by atoms with van der Waals surface area (Å²) in [7, 11) is -3.16. The van der Waals surface area contributed by atoms with Gasteiger partial charge in [-0.2, -0.15) is 5.10 Å². The first kappa shape index (κ1) is 13.9. The monoisotopic (exact) mass is 280 g/mol. The third-order valence-electron chi connectivity index (χ3n) is 1.83. The van der Waals surface area contributed by atoms with Crippen molar-refractivity contribution in [1.82, 2.24) is 14.9 Å². The fraction of sp³-hybridized carbons (Fsp3) is 0.500. The number of aromatic amines is 1. The first-order valence-corrected chi connectivity index (χ1v) is 7.09. The van der Waals surface area contributed by atoms with E-state index in [4.69, 9.17) is 11.6 Å². The lowest BCUT2D eigenvalue weighted by Gasteiger charge is -2.06. The molecule has 0 atom stereocenters. The van der Waals surface area contributed by atoms with Crippen LogP contribution in [0, 0.1) is 0 Å². The molecular formula is C8H13ClN4O3S. The van der Waals surface area contributed by atoms with Crippen LogP contribution >= 0.6 is 11.6 Å². The molecule has 1 aromatic heterocycles. The van der Waals surface area contributed by atoms with Crippen molar-refractivity contribution in [3.05, 3.63) is 21.6 Å². The number of hydrogen-bond acceptors (Lipinski definition) is 5. The molecule has 0 aliphatic carbocycles. The fourth-order valence-corrected chi connectivity index (χ4v) is 1.75. The van der Waals surface area contributed by atoms with Crippen LogP contribution in [0.4, 0.5) is 5.69 Å². The maximum absolute atomic E-state index is 11.1. The van der Waals surface area contributed by atoms with Crippen molar-refractivity contribution in [1.29, 1.82) is 0 Å². The van der Waals surface area contributed by atoms with E-state index in [1.165, 1.54) is 6.20 Å². The van der Waals surface area contributed by atoms with E-state index in [2.05, 4.69) is 20.2 Å². The van der Waals surface area contributed by atoms with Crippen LogP contribution in [0.5, 0.6) is 0 Å². The number of nitrogens with one attached hydrogen (secondary N) is 3. The minimum absolute atomic E-state index is 0.0380. The summed E-state index contributed by atoms with van der Waals surface area (Å²) in [5.41, 5.74) is -0.0410. The molecule has 9 heteroatoms. The molecule has 0 amide bonds. The zero-order valence-corrected chi connectivity index (χ0v) is 10.7. The molecule has 3 N–H and O–H groups in total. The van der Waals surface area contributed by atoms with Crippen molar-refractivity contribution < 1.29 is 8.42 Å². The number of H-pyrrole nitrogens is 1. The molecule has 0 saturated heterocycles. The molecule has 0 radical (unpaired) electrons. The molecule has 0 aliphatic heterocycles. The number of rotatable bonds is 6. The zero-order valence-electron chi connectivity index (χ0n) is 9.16. The van der Waals surface area contributed by atoms with Crippen LogP contribution in [0.2, 0.25) is 5.02 Å². The normalized spacial score (nSPS) is 11.4. The van der Waals surface area contributed by atoms with Gasteiger partial charge in [0.15, 0.2) is 0 Å². The van der Waals surface area contributed by atoms with Gasteiger partial charge in [-0.25, -0.2) is 18.2 Å². The van der Waals surface area contributed by atoms with Gasteiger partial charge in [-0.3, -0.25) is 4.79 Å². The molecule has 0 aliphatic rings. The van der Waals surface area contributed by atoms with Crippen LogP contribution in [0.15, 0.2) is 11.0 Å². The molecule has 0 spiro atoms. The van der Waals surface area contributed by atoms with Crippen LogP contribution in [-0.2, 0) is 10.0 Å². The Kier molecular flexibility index (Phi) is 4.91. The number of aromatic nitrogens is 2. The Morgan fingerprint density at radius 1 is 1.47 bits per heavy atom. The summed E-state index contributed by atoms with van der Waals surface area (Å²) < 4.78 is 23.9. The van der Waals surface area contributed by atoms with Crippen LogP contribution in [-0.4, -0.2) is 38.0 Å². The van der Waals surface area contributed by atoms with Gasteiger partial charge in [0.25, 0.3) is 5.56 Å². The van der Waals surface area contributed by atoms with Gasteiger partial charge in [0, 0.05) is 13.1 Å². The zero-order chi connectivity index (χ0) is 12.9. The van der Waals surface area contributed by atoms with Crippen LogP contribution in [0.25, 0.3) is 0 Å². The minimum Gasteiger partial charge on any atom is -0.382 e. The summed E-state index contributed by atoms with van der Waals surface area (Å²) >= 11 is 5.72. The van der Waals surface area contributed by atoms with Gasteiger partial charge in [-0.05, 0) is 6.42 Å². The summed E-state index contributed by atoms with van der Waals surface area (Å²) in [5.74, 6) is 0. The first-order valence-electron chi connectivity index (χ1n) is 4.82. The second-order valence-electron chi connectivity index (χ2n) is 3.37. The highest BCUT2D eigenvalue weighted by Crippen LogP contribution is 2.13. The summed E-state index contributed by atoms with van der Waals surface area (Å²) in [4.78, 5) is 11.1. The van der Waals surface area contributed by atoms with Gasteiger partial charge < -0.3 is 5.32 Å². The Hall–Kier alpha value is -1.12. The fourth-order valence-electron chi connectivity index (χ4n) is 1.08. The van der Waals surface area contributed by atoms with Crippen molar-refractivity contribution in [3.8, 4) is 0 Å². The quantitative estimate of drug-likeness (QED) is 0.625. The van der Waals surface area contributed by atoms with E-state index in [1.54, 1.807) is 0 Å². The van der Waals surface area contributed by atoms with E-state index in [-0.39, 0.29) is 5.02 Å². The number of hydrogen-bond donors (Lipinski definition) is 3. The van der Waals surface area contributed by atoms with Gasteiger partial charge >= 0.3 is 0 Å². The van der Waals surface area contributed by atoms with Gasteiger partial charge in [-0.1, -0.05) is 11.6 Å². The molecule has 96 valence electrons. The number of anilines is 1. The summed E-state index contributed by atoms with van der Waals surface area (Å²) in [6.07, 6.45) is 3.06. The number of sulfonamides is 1. The molecule has 0 unspecified atom stereocenters. The highest BCUT2D eigenvalue weighted by molar-refractivity contribution is 7.88. The van der Waals surface area contributed by atoms with Crippen molar-refractivity contribution in [2.24, 2.45) is 0 Å². The van der Waals surface area contributed by atoms with Gasteiger partial charge in [-0.15, -0.1) is 0 Å². The van der Waals surface area contributed by atoms with Crippen molar-refractivity contribution >= 4 is 27.3 Å². The van der Waals surface area contributed by atoms with E-state index < -0.39 is 15.6 Å². The van der Waals surface area contributed by atoms with E-state index in [0.717, 1.165) is 6.26 Å². The van der Waals surface area contributed by atoms with Gasteiger partial charge in [0.05, 0.1) is 18.1 Å². The molecule has 1 rings (SSSR count). The molecule has 1 heterocycles. The largest absolute Gasteiger partial charge is 0.382 e. The van der Waals surface area contributed by atoms with Crippen LogP contribution < -0.4 is 15.6 Å². The predicted octanol–water partition coefficient (Wildman–Crippen LogP) is -0.226. The maximum atomic E-state index is 11.1.